The lowest BCUT2D eigenvalue weighted by molar-refractivity contribution is -0.151. The summed E-state index contributed by atoms with van der Waals surface area (Å²) in [6.07, 6.45) is 5.76. The molecule has 0 aliphatic carbocycles. The quantitative estimate of drug-likeness (QED) is 0.145. The largest absolute Gasteiger partial charge is 0.463 e. The number of fused-ring (bicyclic) bond motifs is 1. The third kappa shape index (κ3) is 6.90. The molecule has 2 bridgehead atoms. The number of carbonyl (C=O) groups excluding carboxylic acids is 4. The Hall–Kier alpha value is -3.02. The molecule has 246 valence electrons. The van der Waals surface area contributed by atoms with Gasteiger partial charge in [-0.3, -0.25) is 19.2 Å². The summed E-state index contributed by atoms with van der Waals surface area (Å²) in [6.45, 7) is 11.8. The summed E-state index contributed by atoms with van der Waals surface area (Å²) >= 11 is 3.72. The van der Waals surface area contributed by atoms with Gasteiger partial charge in [0.15, 0.2) is 0 Å². The van der Waals surface area contributed by atoms with E-state index >= 15 is 0 Å². The molecule has 45 heavy (non-hydrogen) atoms. The third-order valence-electron chi connectivity index (χ3n) is 9.26. The number of benzene rings is 1. The first-order valence-corrected chi connectivity index (χ1v) is 16.9. The van der Waals surface area contributed by atoms with Crippen LogP contribution in [0.25, 0.3) is 0 Å². The molecular formula is C34H46BrN3O7. The van der Waals surface area contributed by atoms with Crippen LogP contribution in [0.3, 0.4) is 0 Å². The van der Waals surface area contributed by atoms with E-state index in [0.717, 1.165) is 18.4 Å². The monoisotopic (exact) mass is 687 g/mol. The molecule has 8 atom stereocenters. The first-order chi connectivity index (χ1) is 21.7. The Morgan fingerprint density at radius 1 is 1.24 bits per heavy atom. The Bertz CT molecular complexity index is 1240. The number of alkyl halides is 1. The van der Waals surface area contributed by atoms with Gasteiger partial charge in [0, 0.05) is 24.3 Å². The number of hydrogen-bond donors (Lipinski definition) is 2. The van der Waals surface area contributed by atoms with Crippen molar-refractivity contribution in [2.75, 3.05) is 26.3 Å². The van der Waals surface area contributed by atoms with Crippen LogP contribution in [0.5, 0.6) is 0 Å². The molecule has 2 N–H and O–H groups in total. The average Bonchev–Trinajstić information content (AvgIpc) is 3.64. The number of amides is 3. The van der Waals surface area contributed by atoms with E-state index in [0.29, 0.717) is 32.4 Å². The highest BCUT2D eigenvalue weighted by molar-refractivity contribution is 9.09. The summed E-state index contributed by atoms with van der Waals surface area (Å²) in [7, 11) is 0. The van der Waals surface area contributed by atoms with Crippen LogP contribution >= 0.6 is 15.9 Å². The van der Waals surface area contributed by atoms with Gasteiger partial charge in [0.1, 0.15) is 18.2 Å². The Kier molecular flexibility index (Phi) is 12.0. The zero-order chi connectivity index (χ0) is 32.7. The number of hydrogen-bond acceptors (Lipinski definition) is 7. The molecule has 1 aromatic carbocycles. The number of halogens is 1. The molecule has 0 aromatic heterocycles. The number of nitrogens with one attached hydrogen (secondary N) is 1. The summed E-state index contributed by atoms with van der Waals surface area (Å²) in [5.41, 5.74) is -0.505. The minimum Gasteiger partial charge on any atom is -0.463 e. The normalized spacial score (nSPS) is 27.9. The van der Waals surface area contributed by atoms with Gasteiger partial charge in [0.25, 0.3) is 0 Å². The molecular weight excluding hydrogens is 642 g/mol. The maximum absolute atomic E-state index is 14.4. The number of aliphatic hydroxyl groups excluding tert-OH is 1. The molecule has 1 unspecified atom stereocenters. The number of unbranched alkanes of at least 4 members (excludes halogenated alkanes) is 1. The minimum absolute atomic E-state index is 0.0882. The summed E-state index contributed by atoms with van der Waals surface area (Å²) in [5.74, 6) is -3.28. The molecule has 10 nitrogen and oxygen atoms in total. The van der Waals surface area contributed by atoms with Crippen molar-refractivity contribution in [2.45, 2.75) is 87.0 Å². The van der Waals surface area contributed by atoms with E-state index in [9.17, 15) is 24.3 Å². The number of aliphatic hydroxyl groups is 1. The predicted octanol–water partition coefficient (Wildman–Crippen LogP) is 3.69. The lowest BCUT2D eigenvalue weighted by Gasteiger charge is -2.39. The summed E-state index contributed by atoms with van der Waals surface area (Å²) in [6, 6.07) is 6.91. The van der Waals surface area contributed by atoms with Crippen LogP contribution in [-0.2, 0) is 28.7 Å². The van der Waals surface area contributed by atoms with E-state index in [-0.39, 0.29) is 36.3 Å². The van der Waals surface area contributed by atoms with Gasteiger partial charge in [-0.25, -0.2) is 0 Å². The fourth-order valence-corrected chi connectivity index (χ4v) is 8.01. The van der Waals surface area contributed by atoms with Gasteiger partial charge in [-0.2, -0.15) is 0 Å². The Labute approximate surface area is 274 Å². The van der Waals surface area contributed by atoms with Gasteiger partial charge in [0.2, 0.25) is 17.7 Å². The molecule has 1 spiro atoms. The molecule has 3 amide bonds. The second-order valence-electron chi connectivity index (χ2n) is 12.1. The summed E-state index contributed by atoms with van der Waals surface area (Å²) in [5, 5.41) is 13.4. The van der Waals surface area contributed by atoms with E-state index in [2.05, 4.69) is 34.4 Å². The molecule has 3 aliphatic rings. The average molecular weight is 689 g/mol. The number of carbonyl (C=O) groups is 4. The topological polar surface area (TPSA) is 125 Å². The lowest BCUT2D eigenvalue weighted by atomic mass is 9.70. The van der Waals surface area contributed by atoms with Crippen molar-refractivity contribution in [3.8, 4) is 0 Å². The Morgan fingerprint density at radius 2 is 1.98 bits per heavy atom. The first kappa shape index (κ1) is 34.8. The zero-order valence-electron chi connectivity index (χ0n) is 26.2. The van der Waals surface area contributed by atoms with Crippen molar-refractivity contribution in [1.82, 2.24) is 15.1 Å². The second-order valence-corrected chi connectivity index (χ2v) is 13.2. The van der Waals surface area contributed by atoms with E-state index in [4.69, 9.17) is 9.47 Å². The number of likely N-dealkylation sites (tertiary alicyclic amines) is 1. The second kappa shape index (κ2) is 15.5. The van der Waals surface area contributed by atoms with Gasteiger partial charge < -0.3 is 29.7 Å². The van der Waals surface area contributed by atoms with Crippen LogP contribution in [0.1, 0.15) is 64.0 Å². The molecule has 1 aromatic rings. The molecule has 3 saturated heterocycles. The van der Waals surface area contributed by atoms with Crippen molar-refractivity contribution in [1.29, 1.82) is 0 Å². The Balaban J connectivity index is 1.68. The molecule has 3 fully saturated rings. The van der Waals surface area contributed by atoms with E-state index < -0.39 is 53.5 Å². The van der Waals surface area contributed by atoms with Gasteiger partial charge in [-0.15, -0.1) is 13.2 Å². The number of nitrogens with zero attached hydrogens (tertiary/aromatic N) is 2. The van der Waals surface area contributed by atoms with Crippen LogP contribution in [0.2, 0.25) is 0 Å². The Morgan fingerprint density at radius 3 is 2.60 bits per heavy atom. The van der Waals surface area contributed by atoms with Gasteiger partial charge >= 0.3 is 5.97 Å². The molecule has 0 radical (unpaired) electrons. The fraction of sp³-hybridized carbons (Fsp3) is 0.588. The third-order valence-corrected chi connectivity index (χ3v) is 10.1. The lowest BCUT2D eigenvalue weighted by Crippen LogP contribution is -2.59. The van der Waals surface area contributed by atoms with E-state index in [1.807, 2.05) is 44.2 Å². The molecule has 0 saturated carbocycles. The highest BCUT2D eigenvalue weighted by atomic mass is 79.9. The minimum atomic E-state index is -1.25. The van der Waals surface area contributed by atoms with Crippen molar-refractivity contribution in [2.24, 2.45) is 11.8 Å². The van der Waals surface area contributed by atoms with Crippen LogP contribution in [0.15, 0.2) is 55.6 Å². The number of esters is 1. The molecule has 3 heterocycles. The number of rotatable bonds is 17. The first-order valence-electron chi connectivity index (χ1n) is 15.9. The van der Waals surface area contributed by atoms with Crippen molar-refractivity contribution in [3.63, 3.8) is 0 Å². The van der Waals surface area contributed by atoms with Crippen LogP contribution in [-0.4, -0.2) is 93.5 Å². The highest BCUT2D eigenvalue weighted by Gasteiger charge is 2.77. The van der Waals surface area contributed by atoms with Crippen molar-refractivity contribution < 1.29 is 33.8 Å². The SMILES string of the molecule is C=CCCC(=O)OC[C@H](NC(=O)[C@H]1[C@@H]2O[C@@]3(CC2Br)[C@@H]1C(=O)N([C@@H](CC)CO)[C@@H]3C(=O)N(CC=C)CCCC)c1ccccc1. The summed E-state index contributed by atoms with van der Waals surface area (Å²) in [4.78, 5) is 58.3. The predicted molar refractivity (Wildman–Crippen MR) is 173 cm³/mol. The van der Waals surface area contributed by atoms with Crippen LogP contribution < -0.4 is 5.32 Å². The van der Waals surface area contributed by atoms with Gasteiger partial charge in [0.05, 0.1) is 36.6 Å². The maximum Gasteiger partial charge on any atom is 0.306 e. The maximum atomic E-state index is 14.4. The number of ether oxygens (including phenoxy) is 2. The van der Waals surface area contributed by atoms with Gasteiger partial charge in [-0.05, 0) is 31.2 Å². The molecule has 11 heteroatoms. The fourth-order valence-electron chi connectivity index (χ4n) is 7.07. The van der Waals surface area contributed by atoms with E-state index in [1.165, 1.54) is 4.90 Å². The number of allylic oxidation sites excluding steroid dienone is 1. The molecule has 4 rings (SSSR count). The van der Waals surface area contributed by atoms with E-state index in [1.54, 1.807) is 17.1 Å². The smallest absolute Gasteiger partial charge is 0.306 e. The van der Waals surface area contributed by atoms with Crippen molar-refractivity contribution in [3.05, 3.63) is 61.2 Å². The molecule has 3 aliphatic heterocycles. The van der Waals surface area contributed by atoms with Crippen LogP contribution in [0, 0.1) is 11.8 Å². The zero-order valence-corrected chi connectivity index (χ0v) is 27.8. The summed E-state index contributed by atoms with van der Waals surface area (Å²) < 4.78 is 12.2. The van der Waals surface area contributed by atoms with Crippen molar-refractivity contribution >= 4 is 39.6 Å². The standard InChI is InChI=1S/C34H46BrN3O7/c1-5-9-16-26(40)44-21-25(22-14-12-11-13-15-22)36-31(41)27-28-32(42)38(23(8-4)20-39)30(34(28)19-24(35)29(27)45-34)33(43)37(17-7-3)18-10-6-2/h5,7,11-15,23-25,27-30,39H,1,3,6,8-10,16-21H2,2,4H3,(H,36,41)/t23-,24?,25-,27+,28-,29+,30+,34-/m0/s1. The van der Waals surface area contributed by atoms with Gasteiger partial charge in [-0.1, -0.05) is 78.7 Å². The van der Waals surface area contributed by atoms with Crippen LogP contribution in [0.4, 0.5) is 0 Å². The highest BCUT2D eigenvalue weighted by Crippen LogP contribution is 2.60.